The Morgan fingerprint density at radius 2 is 2.12 bits per heavy atom. The van der Waals surface area contributed by atoms with Crippen molar-refractivity contribution in [1.29, 1.82) is 0 Å². The number of ether oxygens (including phenoxy) is 2. The van der Waals surface area contributed by atoms with Gasteiger partial charge in [-0.2, -0.15) is 0 Å². The number of benzene rings is 1. The van der Waals surface area contributed by atoms with Crippen molar-refractivity contribution in [3.63, 3.8) is 0 Å². The van der Waals surface area contributed by atoms with E-state index in [1.54, 1.807) is 18.2 Å². The van der Waals surface area contributed by atoms with Crippen molar-refractivity contribution in [1.82, 2.24) is 5.32 Å². The Morgan fingerprint density at radius 1 is 1.32 bits per heavy atom. The molecule has 1 aromatic carbocycles. The van der Waals surface area contributed by atoms with Crippen LogP contribution < -0.4 is 10.1 Å². The SMILES string of the molecule is C[C@H]1CCCC[C@H]1NC(=O)COC(=O)[C@H]1COc2ccc(Cl)cc2C1. The van der Waals surface area contributed by atoms with Gasteiger partial charge in [-0.05, 0) is 48.9 Å². The highest BCUT2D eigenvalue weighted by Gasteiger charge is 2.28. The molecule has 0 unspecified atom stereocenters. The molecular weight excluding hydrogens is 342 g/mol. The van der Waals surface area contributed by atoms with E-state index in [0.717, 1.165) is 30.6 Å². The minimum absolute atomic E-state index is 0.187. The molecule has 3 rings (SSSR count). The van der Waals surface area contributed by atoms with Crippen LogP contribution in [0.4, 0.5) is 0 Å². The van der Waals surface area contributed by atoms with Crippen molar-refractivity contribution >= 4 is 23.5 Å². The summed E-state index contributed by atoms with van der Waals surface area (Å²) < 4.78 is 10.8. The molecule has 1 aliphatic carbocycles. The summed E-state index contributed by atoms with van der Waals surface area (Å²) in [6.45, 7) is 2.17. The van der Waals surface area contributed by atoms with E-state index in [2.05, 4.69) is 12.2 Å². The molecule has 2 aliphatic rings. The molecule has 1 N–H and O–H groups in total. The van der Waals surface area contributed by atoms with Gasteiger partial charge in [0.05, 0.1) is 5.92 Å². The van der Waals surface area contributed by atoms with Gasteiger partial charge in [0.1, 0.15) is 12.4 Å². The van der Waals surface area contributed by atoms with Crippen molar-refractivity contribution in [2.45, 2.75) is 45.1 Å². The summed E-state index contributed by atoms with van der Waals surface area (Å²) in [4.78, 5) is 24.3. The van der Waals surface area contributed by atoms with Crippen LogP contribution in [-0.2, 0) is 20.7 Å². The Balaban J connectivity index is 1.47. The fraction of sp³-hybridized carbons (Fsp3) is 0.579. The Bertz CT molecular complexity index is 648. The standard InChI is InChI=1S/C19H24ClNO4/c1-12-4-2-3-5-16(12)21-18(22)11-25-19(23)14-8-13-9-15(20)6-7-17(13)24-10-14/h6-7,9,12,14,16H,2-5,8,10-11H2,1H3,(H,21,22)/t12-,14+,16+/m0/s1. The first-order valence-corrected chi connectivity index (χ1v) is 9.28. The third-order valence-corrected chi connectivity index (χ3v) is 5.30. The van der Waals surface area contributed by atoms with Crippen molar-refractivity contribution < 1.29 is 19.1 Å². The summed E-state index contributed by atoms with van der Waals surface area (Å²) in [6, 6.07) is 5.55. The van der Waals surface area contributed by atoms with E-state index in [-0.39, 0.29) is 25.2 Å². The van der Waals surface area contributed by atoms with Crippen LogP contribution in [0.5, 0.6) is 5.75 Å². The van der Waals surface area contributed by atoms with E-state index in [9.17, 15) is 9.59 Å². The van der Waals surface area contributed by atoms with E-state index in [1.165, 1.54) is 6.42 Å². The number of amides is 1. The van der Waals surface area contributed by atoms with Crippen LogP contribution >= 0.6 is 11.6 Å². The zero-order chi connectivity index (χ0) is 17.8. The van der Waals surface area contributed by atoms with Crippen LogP contribution in [0.2, 0.25) is 5.02 Å². The van der Waals surface area contributed by atoms with Gasteiger partial charge in [-0.15, -0.1) is 0 Å². The van der Waals surface area contributed by atoms with Gasteiger partial charge in [0.15, 0.2) is 6.61 Å². The molecule has 136 valence electrons. The number of hydrogen-bond acceptors (Lipinski definition) is 4. The van der Waals surface area contributed by atoms with Gasteiger partial charge in [0.2, 0.25) is 0 Å². The Kier molecular flexibility index (Phi) is 5.84. The highest BCUT2D eigenvalue weighted by Crippen LogP contribution is 2.30. The minimum Gasteiger partial charge on any atom is -0.492 e. The molecule has 6 heteroatoms. The Labute approximate surface area is 153 Å². The molecule has 0 aromatic heterocycles. The number of nitrogens with one attached hydrogen (secondary N) is 1. The van der Waals surface area contributed by atoms with E-state index < -0.39 is 11.9 Å². The van der Waals surface area contributed by atoms with Crippen LogP contribution in [0.15, 0.2) is 18.2 Å². The largest absolute Gasteiger partial charge is 0.492 e. The zero-order valence-corrected chi connectivity index (χ0v) is 15.2. The van der Waals surface area contributed by atoms with Crippen LogP contribution in [0.3, 0.4) is 0 Å². The summed E-state index contributed by atoms with van der Waals surface area (Å²) in [6.07, 6.45) is 4.99. The Morgan fingerprint density at radius 3 is 2.92 bits per heavy atom. The van der Waals surface area contributed by atoms with Gasteiger partial charge in [0.25, 0.3) is 5.91 Å². The average Bonchev–Trinajstić information content (AvgIpc) is 2.61. The van der Waals surface area contributed by atoms with Crippen LogP contribution in [-0.4, -0.2) is 31.1 Å². The highest BCUT2D eigenvalue weighted by atomic mass is 35.5. The lowest BCUT2D eigenvalue weighted by atomic mass is 9.86. The zero-order valence-electron chi connectivity index (χ0n) is 14.4. The second kappa shape index (κ2) is 8.09. The first-order chi connectivity index (χ1) is 12.0. The predicted octanol–water partition coefficient (Wildman–Crippen LogP) is 3.13. The fourth-order valence-electron chi connectivity index (χ4n) is 3.55. The maximum atomic E-state index is 12.2. The normalized spacial score (nSPS) is 25.4. The maximum absolute atomic E-state index is 12.2. The van der Waals surface area contributed by atoms with Crippen LogP contribution in [0, 0.1) is 11.8 Å². The number of esters is 1. The van der Waals surface area contributed by atoms with Crippen LogP contribution in [0.1, 0.15) is 38.2 Å². The predicted molar refractivity (Wildman–Crippen MR) is 94.7 cm³/mol. The summed E-state index contributed by atoms with van der Waals surface area (Å²) >= 11 is 5.99. The highest BCUT2D eigenvalue weighted by molar-refractivity contribution is 6.30. The molecule has 1 saturated carbocycles. The van der Waals surface area contributed by atoms with Gasteiger partial charge >= 0.3 is 5.97 Å². The van der Waals surface area contributed by atoms with Gasteiger partial charge in [-0.1, -0.05) is 31.4 Å². The number of carbonyl (C=O) groups is 2. The number of hydrogen-bond donors (Lipinski definition) is 1. The molecule has 5 nitrogen and oxygen atoms in total. The number of carbonyl (C=O) groups excluding carboxylic acids is 2. The number of fused-ring (bicyclic) bond motifs is 1. The molecular formula is C19H24ClNO4. The lowest BCUT2D eigenvalue weighted by Crippen LogP contribution is -2.43. The van der Waals surface area contributed by atoms with Gasteiger partial charge in [-0.25, -0.2) is 0 Å². The van der Waals surface area contributed by atoms with Crippen molar-refractivity contribution in [2.24, 2.45) is 11.8 Å². The molecule has 0 saturated heterocycles. The topological polar surface area (TPSA) is 64.6 Å². The van der Waals surface area contributed by atoms with E-state index in [0.29, 0.717) is 17.4 Å². The first-order valence-electron chi connectivity index (χ1n) is 8.90. The van der Waals surface area contributed by atoms with E-state index in [1.807, 2.05) is 0 Å². The summed E-state index contributed by atoms with van der Waals surface area (Å²) in [5.74, 6) is 0.177. The molecule has 0 spiro atoms. The van der Waals surface area contributed by atoms with E-state index >= 15 is 0 Å². The second-order valence-corrected chi connectivity index (χ2v) is 7.44. The van der Waals surface area contributed by atoms with Crippen molar-refractivity contribution in [3.05, 3.63) is 28.8 Å². The number of halogens is 1. The van der Waals surface area contributed by atoms with Gasteiger partial charge in [0, 0.05) is 11.1 Å². The van der Waals surface area contributed by atoms with Crippen LogP contribution in [0.25, 0.3) is 0 Å². The summed E-state index contributed by atoms with van der Waals surface area (Å²) in [5, 5.41) is 3.59. The Hall–Kier alpha value is -1.75. The summed E-state index contributed by atoms with van der Waals surface area (Å²) in [7, 11) is 0. The summed E-state index contributed by atoms with van der Waals surface area (Å²) in [5.41, 5.74) is 0.890. The fourth-order valence-corrected chi connectivity index (χ4v) is 3.74. The quantitative estimate of drug-likeness (QED) is 0.832. The third kappa shape index (κ3) is 4.66. The van der Waals surface area contributed by atoms with Gasteiger partial charge in [-0.3, -0.25) is 9.59 Å². The molecule has 1 aliphatic heterocycles. The van der Waals surface area contributed by atoms with Crippen molar-refractivity contribution in [3.8, 4) is 5.75 Å². The second-order valence-electron chi connectivity index (χ2n) is 7.01. The maximum Gasteiger partial charge on any atom is 0.313 e. The molecule has 1 amide bonds. The molecule has 25 heavy (non-hydrogen) atoms. The van der Waals surface area contributed by atoms with E-state index in [4.69, 9.17) is 21.1 Å². The van der Waals surface area contributed by atoms with Crippen molar-refractivity contribution in [2.75, 3.05) is 13.2 Å². The molecule has 3 atom stereocenters. The molecule has 0 radical (unpaired) electrons. The average molecular weight is 366 g/mol. The third-order valence-electron chi connectivity index (χ3n) is 5.07. The monoisotopic (exact) mass is 365 g/mol. The first kappa shape index (κ1) is 18.1. The van der Waals surface area contributed by atoms with Gasteiger partial charge < -0.3 is 14.8 Å². The molecule has 1 aromatic rings. The smallest absolute Gasteiger partial charge is 0.313 e. The molecule has 1 heterocycles. The lowest BCUT2D eigenvalue weighted by molar-refractivity contribution is -0.154. The molecule has 1 fully saturated rings. The molecule has 0 bridgehead atoms. The lowest BCUT2D eigenvalue weighted by Gasteiger charge is -2.29. The number of rotatable bonds is 4. The minimum atomic E-state index is -0.410.